The Morgan fingerprint density at radius 3 is 2.28 bits per heavy atom. The molecular weight excluding hydrogens is 466 g/mol. The summed E-state index contributed by atoms with van der Waals surface area (Å²) in [7, 11) is 0. The van der Waals surface area contributed by atoms with Gasteiger partial charge < -0.3 is 31.7 Å². The maximum Gasteiger partial charge on any atom is 0.245 e. The van der Waals surface area contributed by atoms with Crippen molar-refractivity contribution in [3.05, 3.63) is 0 Å². The Hall–Kier alpha value is -2.53. The van der Waals surface area contributed by atoms with E-state index in [1.807, 2.05) is 0 Å². The minimum Gasteiger partial charge on any atom is -0.397 e. The number of nitrogens with one attached hydrogen (secondary N) is 3. The van der Waals surface area contributed by atoms with Crippen molar-refractivity contribution in [1.29, 1.82) is 0 Å². The molecule has 6 N–H and O–H groups in total. The van der Waals surface area contributed by atoms with Gasteiger partial charge in [-0.3, -0.25) is 24.0 Å². The summed E-state index contributed by atoms with van der Waals surface area (Å²) in [5.74, 6) is -0.951. The number of aliphatic hydroxyl groups excluding tert-OH is 1. The quantitative estimate of drug-likeness (QED) is 0.186. The van der Waals surface area contributed by atoms with Gasteiger partial charge in [0, 0.05) is 32.5 Å². The third-order valence-corrected chi connectivity index (χ3v) is 5.76. The summed E-state index contributed by atoms with van der Waals surface area (Å²) in [6.45, 7) is 6.60. The lowest BCUT2D eigenvalue weighted by molar-refractivity contribution is -0.140. The van der Waals surface area contributed by atoms with Crippen molar-refractivity contribution in [1.82, 2.24) is 20.9 Å². The minimum atomic E-state index is -0.737. The van der Waals surface area contributed by atoms with E-state index in [-0.39, 0.29) is 36.7 Å². The van der Waals surface area contributed by atoms with Gasteiger partial charge in [0.05, 0.1) is 12.6 Å². The van der Waals surface area contributed by atoms with Crippen LogP contribution < -0.4 is 21.7 Å². The summed E-state index contributed by atoms with van der Waals surface area (Å²) in [6, 6.07) is -1.17. The molecule has 1 saturated heterocycles. The minimum absolute atomic E-state index is 0.0140. The monoisotopic (exact) mass is 513 g/mol. The molecule has 1 rings (SSSR count). The van der Waals surface area contributed by atoms with Crippen LogP contribution in [0.25, 0.3) is 0 Å². The van der Waals surface area contributed by atoms with Crippen LogP contribution in [0.3, 0.4) is 0 Å². The number of carbonyl (C=O) groups excluding carboxylic acids is 5. The Labute approximate surface area is 215 Å². The predicted molar refractivity (Wildman–Crippen MR) is 138 cm³/mol. The standard InChI is InChI=1S/C23H41N5O5.C2H6O/c1-3-20(30)25-14-8-4-5-12-21(31)26-16-22(32)27-18(10-6-7-13-24)23(33)28-15-9-11-19(28)17(2)29;1-2-3/h18-19H,3-16,24H2,1-2H3,(H,25,30)(H,26,31)(H,27,32);3H,2H2,1H3/t18-,19?;/m0./s1. The average molecular weight is 514 g/mol. The third kappa shape index (κ3) is 14.8. The maximum atomic E-state index is 13.0. The number of likely N-dealkylation sites (tertiary alicyclic amines) is 1. The average Bonchev–Trinajstić information content (AvgIpc) is 3.34. The first-order valence-corrected chi connectivity index (χ1v) is 13.2. The van der Waals surface area contributed by atoms with Gasteiger partial charge in [-0.05, 0) is 65.3 Å². The van der Waals surface area contributed by atoms with Crippen molar-refractivity contribution in [2.75, 3.05) is 32.8 Å². The van der Waals surface area contributed by atoms with E-state index in [1.165, 1.54) is 6.92 Å². The summed E-state index contributed by atoms with van der Waals surface area (Å²) in [4.78, 5) is 62.0. The topological polar surface area (TPSA) is 171 Å². The molecule has 4 amide bonds. The summed E-state index contributed by atoms with van der Waals surface area (Å²) in [6.07, 6.45) is 6.26. The normalized spacial score (nSPS) is 15.4. The Kier molecular flexibility index (Phi) is 19.2. The van der Waals surface area contributed by atoms with Gasteiger partial charge in [0.25, 0.3) is 0 Å². The number of Topliss-reactive ketones (excluding diaryl/α,β-unsaturated/α-hetero) is 1. The van der Waals surface area contributed by atoms with Crippen molar-refractivity contribution in [3.8, 4) is 0 Å². The van der Waals surface area contributed by atoms with E-state index in [4.69, 9.17) is 10.8 Å². The van der Waals surface area contributed by atoms with E-state index in [1.54, 1.807) is 18.7 Å². The number of unbranched alkanes of at least 4 members (excludes halogenated alkanes) is 3. The highest BCUT2D eigenvalue weighted by atomic mass is 16.2. The van der Waals surface area contributed by atoms with Crippen molar-refractivity contribution >= 4 is 29.4 Å². The van der Waals surface area contributed by atoms with E-state index in [2.05, 4.69) is 16.0 Å². The van der Waals surface area contributed by atoms with Gasteiger partial charge in [0.2, 0.25) is 23.6 Å². The molecule has 11 nitrogen and oxygen atoms in total. The van der Waals surface area contributed by atoms with Crippen LogP contribution in [0.1, 0.15) is 85.0 Å². The first-order valence-electron chi connectivity index (χ1n) is 13.2. The Balaban J connectivity index is 0.00000387. The maximum absolute atomic E-state index is 13.0. The number of amides is 4. The molecular formula is C25H47N5O6. The molecule has 0 aromatic heterocycles. The lowest BCUT2D eigenvalue weighted by Crippen LogP contribution is -2.53. The molecule has 11 heteroatoms. The smallest absolute Gasteiger partial charge is 0.245 e. The lowest BCUT2D eigenvalue weighted by Gasteiger charge is -2.28. The number of nitrogens with two attached hydrogens (primary N) is 1. The van der Waals surface area contributed by atoms with Crippen molar-refractivity contribution in [2.45, 2.75) is 97.1 Å². The largest absolute Gasteiger partial charge is 0.397 e. The van der Waals surface area contributed by atoms with E-state index < -0.39 is 18.0 Å². The SMILES string of the molecule is CCC(=O)NCCCCCC(=O)NCC(=O)N[C@@H](CCCCN)C(=O)N1CCCC1C(C)=O.CCO. The molecule has 0 radical (unpaired) electrons. The Morgan fingerprint density at radius 2 is 1.67 bits per heavy atom. The van der Waals surface area contributed by atoms with E-state index in [0.29, 0.717) is 58.2 Å². The first-order chi connectivity index (χ1) is 17.2. The highest BCUT2D eigenvalue weighted by molar-refractivity contribution is 5.93. The van der Waals surface area contributed by atoms with Crippen LogP contribution in [-0.2, 0) is 24.0 Å². The van der Waals surface area contributed by atoms with Gasteiger partial charge in [-0.1, -0.05) is 13.3 Å². The summed E-state index contributed by atoms with van der Waals surface area (Å²) >= 11 is 0. The number of hydrogen-bond donors (Lipinski definition) is 5. The third-order valence-electron chi connectivity index (χ3n) is 5.76. The van der Waals surface area contributed by atoms with Crippen LogP contribution in [0.2, 0.25) is 0 Å². The zero-order valence-corrected chi connectivity index (χ0v) is 22.3. The fourth-order valence-electron chi connectivity index (χ4n) is 3.86. The van der Waals surface area contributed by atoms with Gasteiger partial charge >= 0.3 is 0 Å². The van der Waals surface area contributed by atoms with Gasteiger partial charge in [0.15, 0.2) is 5.78 Å². The number of rotatable bonds is 16. The van der Waals surface area contributed by atoms with E-state index >= 15 is 0 Å². The molecule has 1 aliphatic rings. The predicted octanol–water partition coefficient (Wildman–Crippen LogP) is 0.382. The van der Waals surface area contributed by atoms with Crippen LogP contribution in [0.15, 0.2) is 0 Å². The van der Waals surface area contributed by atoms with Crippen LogP contribution in [0.4, 0.5) is 0 Å². The van der Waals surface area contributed by atoms with Gasteiger partial charge in [0.1, 0.15) is 6.04 Å². The van der Waals surface area contributed by atoms with E-state index in [9.17, 15) is 24.0 Å². The van der Waals surface area contributed by atoms with Crippen LogP contribution in [0.5, 0.6) is 0 Å². The molecule has 36 heavy (non-hydrogen) atoms. The molecule has 1 heterocycles. The number of hydrogen-bond acceptors (Lipinski definition) is 7. The first kappa shape index (κ1) is 33.5. The highest BCUT2D eigenvalue weighted by Gasteiger charge is 2.35. The van der Waals surface area contributed by atoms with Gasteiger partial charge in [-0.2, -0.15) is 0 Å². The molecule has 0 saturated carbocycles. The highest BCUT2D eigenvalue weighted by Crippen LogP contribution is 2.20. The van der Waals surface area contributed by atoms with Crippen molar-refractivity contribution in [3.63, 3.8) is 0 Å². The number of aliphatic hydroxyl groups is 1. The van der Waals surface area contributed by atoms with Gasteiger partial charge in [-0.25, -0.2) is 0 Å². The Bertz CT molecular complexity index is 688. The summed E-state index contributed by atoms with van der Waals surface area (Å²) < 4.78 is 0. The Morgan fingerprint density at radius 1 is 0.972 bits per heavy atom. The molecule has 1 fully saturated rings. The second-order valence-electron chi connectivity index (χ2n) is 8.81. The molecule has 0 aliphatic carbocycles. The van der Waals surface area contributed by atoms with Crippen LogP contribution in [-0.4, -0.2) is 84.3 Å². The number of carbonyl (C=O) groups is 5. The number of ketones is 1. The van der Waals surface area contributed by atoms with Crippen molar-refractivity contribution in [2.24, 2.45) is 5.73 Å². The molecule has 0 bridgehead atoms. The summed E-state index contributed by atoms with van der Waals surface area (Å²) in [5, 5.41) is 15.7. The molecule has 1 aliphatic heterocycles. The van der Waals surface area contributed by atoms with Crippen molar-refractivity contribution < 1.29 is 29.1 Å². The molecule has 2 atom stereocenters. The van der Waals surface area contributed by atoms with Crippen LogP contribution in [0, 0.1) is 0 Å². The second kappa shape index (κ2) is 20.6. The fourth-order valence-corrected chi connectivity index (χ4v) is 3.86. The molecule has 208 valence electrons. The molecule has 0 spiro atoms. The zero-order chi connectivity index (χ0) is 27.3. The zero-order valence-electron chi connectivity index (χ0n) is 22.3. The fraction of sp³-hybridized carbons (Fsp3) is 0.800. The number of nitrogens with zero attached hydrogens (tertiary/aromatic N) is 1. The molecule has 0 aromatic carbocycles. The lowest BCUT2D eigenvalue weighted by atomic mass is 10.1. The summed E-state index contributed by atoms with van der Waals surface area (Å²) in [5.41, 5.74) is 5.55. The van der Waals surface area contributed by atoms with E-state index in [0.717, 1.165) is 25.7 Å². The van der Waals surface area contributed by atoms with Crippen LogP contribution >= 0.6 is 0 Å². The van der Waals surface area contributed by atoms with Gasteiger partial charge in [-0.15, -0.1) is 0 Å². The second-order valence-corrected chi connectivity index (χ2v) is 8.81. The molecule has 1 unspecified atom stereocenters. The molecule has 0 aromatic rings.